The fraction of sp³-hybridized carbons (Fsp3) is 0.226. The largest absolute Gasteiger partial charge is 0.508 e. The number of carbonyl (C=O) groups is 2. The van der Waals surface area contributed by atoms with Crippen molar-refractivity contribution in [3.63, 3.8) is 0 Å². The van der Waals surface area contributed by atoms with Gasteiger partial charge in [-0.1, -0.05) is 48.5 Å². The van der Waals surface area contributed by atoms with Crippen LogP contribution in [0.15, 0.2) is 100 Å². The van der Waals surface area contributed by atoms with Crippen LogP contribution >= 0.6 is 0 Å². The molecular weight excluding hydrogens is 544 g/mol. The summed E-state index contributed by atoms with van der Waals surface area (Å²) in [6.07, 6.45) is 0.720. The van der Waals surface area contributed by atoms with Crippen molar-refractivity contribution >= 4 is 21.8 Å². The van der Waals surface area contributed by atoms with Crippen LogP contribution in [0.1, 0.15) is 48.3 Å². The van der Waals surface area contributed by atoms with Crippen molar-refractivity contribution in [2.45, 2.75) is 43.1 Å². The molecule has 4 N–H and O–H groups in total. The summed E-state index contributed by atoms with van der Waals surface area (Å²) in [5, 5.41) is 18.9. The number of rotatable bonds is 7. The van der Waals surface area contributed by atoms with Crippen molar-refractivity contribution in [2.24, 2.45) is 5.14 Å². The van der Waals surface area contributed by atoms with E-state index in [9.17, 15) is 23.1 Å². The predicted octanol–water partition coefficient (Wildman–Crippen LogP) is 4.15. The van der Waals surface area contributed by atoms with Crippen LogP contribution in [0, 0.1) is 0 Å². The van der Waals surface area contributed by atoms with Gasteiger partial charge >= 0.3 is 5.97 Å². The van der Waals surface area contributed by atoms with Crippen molar-refractivity contribution in [1.29, 1.82) is 0 Å². The molecule has 1 heterocycles. The number of methoxy groups -OCH3 is 1. The maximum absolute atomic E-state index is 13.8. The van der Waals surface area contributed by atoms with Crippen LogP contribution in [0.25, 0.3) is 0 Å². The summed E-state index contributed by atoms with van der Waals surface area (Å²) < 4.78 is 35.2. The molecular formula is C31H30N2O7S. The Hall–Kier alpha value is -4.41. The van der Waals surface area contributed by atoms with Crippen LogP contribution < -0.4 is 15.2 Å². The van der Waals surface area contributed by atoms with Gasteiger partial charge in [-0.05, 0) is 48.7 Å². The number of carbonyl (C=O) groups excluding carboxylic acids is 2. The quantitative estimate of drug-likeness (QED) is 0.357. The highest BCUT2D eigenvalue weighted by Gasteiger charge is 2.42. The molecule has 0 saturated carbocycles. The van der Waals surface area contributed by atoms with E-state index in [1.54, 1.807) is 32.2 Å². The lowest BCUT2D eigenvalue weighted by molar-refractivity contribution is -0.140. The van der Waals surface area contributed by atoms with Crippen LogP contribution in [0.2, 0.25) is 0 Å². The van der Waals surface area contributed by atoms with Crippen LogP contribution in [0.5, 0.6) is 11.5 Å². The van der Waals surface area contributed by atoms with Crippen LogP contribution in [-0.2, 0) is 31.0 Å². The highest BCUT2D eigenvalue weighted by atomic mass is 32.2. The topological polar surface area (TPSA) is 145 Å². The zero-order valence-electron chi connectivity index (χ0n) is 22.6. The van der Waals surface area contributed by atoms with Crippen LogP contribution in [-0.4, -0.2) is 32.4 Å². The van der Waals surface area contributed by atoms with Gasteiger partial charge in [0.25, 0.3) is 0 Å². The second-order valence-corrected chi connectivity index (χ2v) is 11.6. The Morgan fingerprint density at radius 1 is 1.05 bits per heavy atom. The Morgan fingerprint density at radius 3 is 2.51 bits per heavy atom. The first-order valence-corrected chi connectivity index (χ1v) is 14.6. The molecule has 3 aromatic rings. The van der Waals surface area contributed by atoms with Gasteiger partial charge < -0.3 is 19.9 Å². The minimum Gasteiger partial charge on any atom is -0.508 e. The maximum Gasteiger partial charge on any atom is 0.337 e. The summed E-state index contributed by atoms with van der Waals surface area (Å²) in [6, 6.07) is 20.0. The van der Waals surface area contributed by atoms with Crippen molar-refractivity contribution in [3.05, 3.63) is 112 Å². The number of phenolic OH excluding ortho intramolecular Hbond substituents is 1. The summed E-state index contributed by atoms with van der Waals surface area (Å²) in [6.45, 7) is 1.39. The zero-order chi connectivity index (χ0) is 29.3. The summed E-state index contributed by atoms with van der Waals surface area (Å²) in [7, 11) is -2.44. The second-order valence-electron chi connectivity index (χ2n) is 10.1. The lowest BCUT2D eigenvalue weighted by Crippen LogP contribution is -2.36. The maximum atomic E-state index is 13.8. The number of ketones is 1. The summed E-state index contributed by atoms with van der Waals surface area (Å²) >= 11 is 0. The van der Waals surface area contributed by atoms with E-state index in [2.05, 4.69) is 5.32 Å². The first-order chi connectivity index (χ1) is 19.6. The molecule has 5 rings (SSSR count). The number of nitrogens with two attached hydrogens (primary N) is 1. The first-order valence-electron chi connectivity index (χ1n) is 13.0. The number of esters is 1. The Balaban J connectivity index is 1.52. The third-order valence-corrected chi connectivity index (χ3v) is 8.48. The first kappa shape index (κ1) is 28.1. The van der Waals surface area contributed by atoms with E-state index >= 15 is 0 Å². The lowest BCUT2D eigenvalue weighted by atomic mass is 9.71. The van der Waals surface area contributed by atoms with Crippen molar-refractivity contribution in [3.8, 4) is 11.5 Å². The van der Waals surface area contributed by atoms with Crippen molar-refractivity contribution in [1.82, 2.24) is 5.32 Å². The van der Waals surface area contributed by atoms with Crippen molar-refractivity contribution < 1.29 is 32.6 Å². The molecule has 3 aromatic carbocycles. The average molecular weight is 575 g/mol. The summed E-state index contributed by atoms with van der Waals surface area (Å²) in [5.41, 5.74) is 3.53. The number of hydrogen-bond donors (Lipinski definition) is 3. The number of sulfonamides is 1. The molecule has 2 unspecified atom stereocenters. The standard InChI is InChI=1S/C31H30N2O7S/c1-18-28(31(36)40-17-20-8-3-6-13-27(20)41(32,37)38)29(19-9-7-10-22(34)14-19)30-24(33-18)15-21(16-25(30)35)23-11-4-5-12-26(23)39-2/h3-14,21,29,33-34H,15-17H2,1-2H3,(H2,32,37,38). The van der Waals surface area contributed by atoms with Gasteiger partial charge in [0.15, 0.2) is 5.78 Å². The Bertz CT molecular complexity index is 1710. The number of ether oxygens (including phenoxy) is 2. The smallest absolute Gasteiger partial charge is 0.337 e. The van der Waals surface area contributed by atoms with Gasteiger partial charge in [-0.15, -0.1) is 0 Å². The number of hydrogen-bond acceptors (Lipinski definition) is 8. The van der Waals surface area contributed by atoms with E-state index in [0.717, 1.165) is 5.56 Å². The van der Waals surface area contributed by atoms with Gasteiger partial charge in [-0.25, -0.2) is 18.4 Å². The number of allylic oxidation sites excluding steroid dienone is 3. The predicted molar refractivity (Wildman–Crippen MR) is 151 cm³/mol. The SMILES string of the molecule is COc1ccccc1C1CC(=O)C2=C(C1)NC(C)=C(C(=O)OCc1ccccc1S(N)(=O)=O)C2c1cccc(O)c1. The Labute approximate surface area is 238 Å². The molecule has 1 aliphatic carbocycles. The van der Waals surface area contributed by atoms with Gasteiger partial charge in [0.1, 0.15) is 18.1 Å². The molecule has 0 amide bonds. The fourth-order valence-electron chi connectivity index (χ4n) is 5.69. The van der Waals surface area contributed by atoms with E-state index in [1.807, 2.05) is 24.3 Å². The number of dihydropyridines is 1. The molecule has 1 aliphatic heterocycles. The molecule has 0 aromatic heterocycles. The minimum atomic E-state index is -4.04. The Morgan fingerprint density at radius 2 is 1.78 bits per heavy atom. The molecule has 2 aliphatic rings. The zero-order valence-corrected chi connectivity index (χ0v) is 23.4. The monoisotopic (exact) mass is 574 g/mol. The van der Waals surface area contributed by atoms with Crippen LogP contribution in [0.4, 0.5) is 0 Å². The van der Waals surface area contributed by atoms with Gasteiger partial charge in [0, 0.05) is 40.8 Å². The van der Waals surface area contributed by atoms with Gasteiger partial charge in [-0.3, -0.25) is 4.79 Å². The molecule has 10 heteroatoms. The molecule has 0 spiro atoms. The van der Waals surface area contributed by atoms with Crippen LogP contribution in [0.3, 0.4) is 0 Å². The van der Waals surface area contributed by atoms with Gasteiger partial charge in [-0.2, -0.15) is 0 Å². The molecule has 9 nitrogen and oxygen atoms in total. The molecule has 0 bridgehead atoms. The fourth-order valence-corrected chi connectivity index (χ4v) is 6.45. The van der Waals surface area contributed by atoms with Crippen molar-refractivity contribution in [2.75, 3.05) is 7.11 Å². The van der Waals surface area contributed by atoms with E-state index in [1.165, 1.54) is 30.3 Å². The third-order valence-electron chi connectivity index (χ3n) is 7.47. The van der Waals surface area contributed by atoms with E-state index in [0.29, 0.717) is 34.7 Å². The molecule has 0 saturated heterocycles. The normalized spacial score (nSPS) is 19.0. The van der Waals surface area contributed by atoms with E-state index in [-0.39, 0.29) is 46.5 Å². The number of aromatic hydroxyl groups is 1. The molecule has 0 radical (unpaired) electrons. The second kappa shape index (κ2) is 11.2. The number of para-hydroxylation sites is 1. The highest BCUT2D eigenvalue weighted by Crippen LogP contribution is 2.47. The number of Topliss-reactive ketones (excluding diaryl/α,β-unsaturated/α-hetero) is 1. The molecule has 0 fully saturated rings. The third kappa shape index (κ3) is 5.61. The van der Waals surface area contributed by atoms with E-state index < -0.39 is 21.9 Å². The average Bonchev–Trinajstić information content (AvgIpc) is 2.94. The number of primary sulfonamides is 1. The van der Waals surface area contributed by atoms with Gasteiger partial charge in [0.2, 0.25) is 10.0 Å². The summed E-state index contributed by atoms with van der Waals surface area (Å²) in [4.78, 5) is 27.3. The van der Waals surface area contributed by atoms with Gasteiger partial charge in [0.05, 0.1) is 17.6 Å². The molecule has 2 atom stereocenters. The minimum absolute atomic E-state index is 0.00853. The highest BCUT2D eigenvalue weighted by molar-refractivity contribution is 7.89. The lowest BCUT2D eigenvalue weighted by Gasteiger charge is -2.37. The number of nitrogens with one attached hydrogen (secondary N) is 1. The molecule has 41 heavy (non-hydrogen) atoms. The number of benzene rings is 3. The Kier molecular flexibility index (Phi) is 7.70. The van der Waals surface area contributed by atoms with E-state index in [4.69, 9.17) is 14.6 Å². The summed E-state index contributed by atoms with van der Waals surface area (Å²) in [5.74, 6) is -1.10. The number of phenols is 1. The molecule has 212 valence electrons.